The fourth-order valence-electron chi connectivity index (χ4n) is 1.72. The van der Waals surface area contributed by atoms with E-state index in [2.05, 4.69) is 18.7 Å². The lowest BCUT2D eigenvalue weighted by Crippen LogP contribution is -2.28. The van der Waals surface area contributed by atoms with Crippen LogP contribution < -0.4 is 4.74 Å². The summed E-state index contributed by atoms with van der Waals surface area (Å²) in [7, 11) is 0. The van der Waals surface area contributed by atoms with Crippen molar-refractivity contribution in [2.75, 3.05) is 26.2 Å². The van der Waals surface area contributed by atoms with Gasteiger partial charge < -0.3 is 14.7 Å². The number of ether oxygens (including phenoxy) is 1. The second-order valence-electron chi connectivity index (χ2n) is 4.24. The average Bonchev–Trinajstić information content (AvgIpc) is 2.36. The summed E-state index contributed by atoms with van der Waals surface area (Å²) < 4.78 is 19.1. The highest BCUT2D eigenvalue weighted by atomic mass is 19.1. The van der Waals surface area contributed by atoms with Crippen molar-refractivity contribution in [1.29, 1.82) is 0 Å². The van der Waals surface area contributed by atoms with Crippen molar-refractivity contribution in [2.45, 2.75) is 26.9 Å². The topological polar surface area (TPSA) is 32.7 Å². The Morgan fingerprint density at radius 3 is 2.50 bits per heavy atom. The lowest BCUT2D eigenvalue weighted by atomic mass is 10.1. The Morgan fingerprint density at radius 2 is 2.00 bits per heavy atom. The first-order valence-electron chi connectivity index (χ1n) is 6.41. The van der Waals surface area contributed by atoms with E-state index < -0.39 is 11.9 Å². The van der Waals surface area contributed by atoms with Gasteiger partial charge in [-0.15, -0.1) is 0 Å². The van der Waals surface area contributed by atoms with E-state index in [1.165, 1.54) is 6.07 Å². The van der Waals surface area contributed by atoms with Crippen LogP contribution in [0.25, 0.3) is 0 Å². The predicted molar refractivity (Wildman–Crippen MR) is 70.3 cm³/mol. The molecule has 0 bridgehead atoms. The van der Waals surface area contributed by atoms with Crippen LogP contribution in [0.5, 0.6) is 5.75 Å². The average molecular weight is 255 g/mol. The van der Waals surface area contributed by atoms with Gasteiger partial charge in [-0.1, -0.05) is 19.9 Å². The fourth-order valence-corrected chi connectivity index (χ4v) is 1.72. The van der Waals surface area contributed by atoms with Crippen molar-refractivity contribution in [3.8, 4) is 5.75 Å². The third-order valence-electron chi connectivity index (χ3n) is 3.00. The smallest absolute Gasteiger partial charge is 0.165 e. The highest BCUT2D eigenvalue weighted by molar-refractivity contribution is 5.30. The van der Waals surface area contributed by atoms with E-state index >= 15 is 0 Å². The van der Waals surface area contributed by atoms with Gasteiger partial charge >= 0.3 is 0 Å². The molecule has 18 heavy (non-hydrogen) atoms. The minimum absolute atomic E-state index is 0.242. The van der Waals surface area contributed by atoms with Crippen molar-refractivity contribution in [3.05, 3.63) is 29.6 Å². The number of likely N-dealkylation sites (N-methyl/N-ethyl adjacent to an activating group) is 1. The van der Waals surface area contributed by atoms with Gasteiger partial charge in [0, 0.05) is 6.54 Å². The molecule has 4 heteroatoms. The highest BCUT2D eigenvalue weighted by Gasteiger charge is 2.08. The Bertz CT molecular complexity index is 365. The van der Waals surface area contributed by atoms with Crippen LogP contribution >= 0.6 is 0 Å². The molecule has 0 unspecified atom stereocenters. The number of aliphatic hydroxyl groups excluding tert-OH is 1. The van der Waals surface area contributed by atoms with E-state index in [0.717, 1.165) is 19.6 Å². The number of rotatable bonds is 7. The minimum Gasteiger partial charge on any atom is -0.489 e. The van der Waals surface area contributed by atoms with Gasteiger partial charge in [0.05, 0.1) is 6.10 Å². The highest BCUT2D eigenvalue weighted by Crippen LogP contribution is 2.21. The van der Waals surface area contributed by atoms with Gasteiger partial charge in [0.1, 0.15) is 6.61 Å². The van der Waals surface area contributed by atoms with Gasteiger partial charge in [-0.3, -0.25) is 0 Å². The Kier molecular flexibility index (Phi) is 6.09. The van der Waals surface area contributed by atoms with Crippen LogP contribution in [-0.4, -0.2) is 36.2 Å². The van der Waals surface area contributed by atoms with E-state index in [4.69, 9.17) is 4.74 Å². The van der Waals surface area contributed by atoms with Gasteiger partial charge in [-0.05, 0) is 37.7 Å². The molecular formula is C14H22FNO2. The Morgan fingerprint density at radius 1 is 1.33 bits per heavy atom. The molecule has 0 saturated heterocycles. The van der Waals surface area contributed by atoms with Crippen LogP contribution in [0, 0.1) is 5.82 Å². The molecule has 1 N–H and O–H groups in total. The first-order chi connectivity index (χ1) is 8.58. The molecule has 0 fully saturated rings. The quantitative estimate of drug-likeness (QED) is 0.813. The molecule has 0 aliphatic carbocycles. The van der Waals surface area contributed by atoms with Crippen molar-refractivity contribution in [3.63, 3.8) is 0 Å². The van der Waals surface area contributed by atoms with Crippen LogP contribution in [0.4, 0.5) is 4.39 Å². The SMILES string of the molecule is CCN(CC)CCOc1ccc([C@@H](C)O)cc1F. The minimum atomic E-state index is -0.663. The molecule has 0 spiro atoms. The molecule has 0 heterocycles. The summed E-state index contributed by atoms with van der Waals surface area (Å²) in [5.41, 5.74) is 0.559. The summed E-state index contributed by atoms with van der Waals surface area (Å²) in [6.45, 7) is 8.95. The lowest BCUT2D eigenvalue weighted by Gasteiger charge is -2.18. The van der Waals surface area contributed by atoms with Crippen LogP contribution in [0.1, 0.15) is 32.4 Å². The Balaban J connectivity index is 2.53. The molecule has 3 nitrogen and oxygen atoms in total. The van der Waals surface area contributed by atoms with Gasteiger partial charge in [-0.2, -0.15) is 0 Å². The van der Waals surface area contributed by atoms with Crippen molar-refractivity contribution < 1.29 is 14.2 Å². The molecule has 1 rings (SSSR count). The third-order valence-corrected chi connectivity index (χ3v) is 3.00. The largest absolute Gasteiger partial charge is 0.489 e. The zero-order chi connectivity index (χ0) is 13.5. The molecule has 102 valence electrons. The number of hydrogen-bond acceptors (Lipinski definition) is 3. The molecule has 0 saturated carbocycles. The van der Waals surface area contributed by atoms with Crippen molar-refractivity contribution >= 4 is 0 Å². The number of aliphatic hydroxyl groups is 1. The van der Waals surface area contributed by atoms with E-state index in [9.17, 15) is 9.50 Å². The van der Waals surface area contributed by atoms with Gasteiger partial charge in [-0.25, -0.2) is 4.39 Å². The Hall–Kier alpha value is -1.13. The summed E-state index contributed by atoms with van der Waals surface area (Å²) in [6, 6.07) is 4.57. The van der Waals surface area contributed by atoms with E-state index in [1.54, 1.807) is 19.1 Å². The molecule has 1 atom stereocenters. The van der Waals surface area contributed by atoms with E-state index in [1.807, 2.05) is 0 Å². The van der Waals surface area contributed by atoms with E-state index in [0.29, 0.717) is 12.2 Å². The molecule has 0 amide bonds. The molecular weight excluding hydrogens is 233 g/mol. The maximum absolute atomic E-state index is 13.6. The van der Waals surface area contributed by atoms with Crippen LogP contribution in [-0.2, 0) is 0 Å². The van der Waals surface area contributed by atoms with Crippen molar-refractivity contribution in [2.24, 2.45) is 0 Å². The maximum Gasteiger partial charge on any atom is 0.165 e. The molecule has 0 aliphatic rings. The number of benzene rings is 1. The van der Waals surface area contributed by atoms with Gasteiger partial charge in [0.25, 0.3) is 0 Å². The lowest BCUT2D eigenvalue weighted by molar-refractivity contribution is 0.197. The number of nitrogens with zero attached hydrogens (tertiary/aromatic N) is 1. The molecule has 0 radical (unpaired) electrons. The number of halogens is 1. The third kappa shape index (κ3) is 4.27. The second kappa shape index (κ2) is 7.34. The molecule has 0 aromatic heterocycles. The molecule has 1 aromatic rings. The summed E-state index contributed by atoms with van der Waals surface area (Å²) in [6.07, 6.45) is -0.663. The van der Waals surface area contributed by atoms with Crippen LogP contribution in [0.3, 0.4) is 0 Å². The Labute approximate surface area is 108 Å². The van der Waals surface area contributed by atoms with Gasteiger partial charge in [0.15, 0.2) is 11.6 Å². The second-order valence-corrected chi connectivity index (χ2v) is 4.24. The van der Waals surface area contributed by atoms with Crippen LogP contribution in [0.15, 0.2) is 18.2 Å². The summed E-state index contributed by atoms with van der Waals surface area (Å²) >= 11 is 0. The van der Waals surface area contributed by atoms with Crippen molar-refractivity contribution in [1.82, 2.24) is 4.90 Å². The summed E-state index contributed by atoms with van der Waals surface area (Å²) in [4.78, 5) is 2.21. The number of hydrogen-bond donors (Lipinski definition) is 1. The monoisotopic (exact) mass is 255 g/mol. The summed E-state index contributed by atoms with van der Waals surface area (Å²) in [5, 5.41) is 9.34. The zero-order valence-electron chi connectivity index (χ0n) is 11.3. The maximum atomic E-state index is 13.6. The predicted octanol–water partition coefficient (Wildman–Crippen LogP) is 2.60. The standard InChI is InChI=1S/C14H22FNO2/c1-4-16(5-2)8-9-18-14-7-6-12(11(3)17)10-13(14)15/h6-7,10-11,17H,4-5,8-9H2,1-3H3/t11-/m1/s1. The fraction of sp³-hybridized carbons (Fsp3) is 0.571. The summed E-state index contributed by atoms with van der Waals surface area (Å²) in [5.74, 6) is -0.181. The molecule has 0 aliphatic heterocycles. The normalized spacial score (nSPS) is 12.8. The van der Waals surface area contributed by atoms with Crippen LogP contribution in [0.2, 0.25) is 0 Å². The van der Waals surface area contributed by atoms with Gasteiger partial charge in [0.2, 0.25) is 0 Å². The van der Waals surface area contributed by atoms with E-state index in [-0.39, 0.29) is 5.75 Å². The zero-order valence-corrected chi connectivity index (χ0v) is 11.3. The molecule has 1 aromatic carbocycles. The first kappa shape index (κ1) is 14.9. The first-order valence-corrected chi connectivity index (χ1v) is 6.41.